The van der Waals surface area contributed by atoms with Crippen molar-refractivity contribution < 1.29 is 9.47 Å². The van der Waals surface area contributed by atoms with Gasteiger partial charge in [0.2, 0.25) is 0 Å². The van der Waals surface area contributed by atoms with Crippen molar-refractivity contribution >= 4 is 21.9 Å². The quantitative estimate of drug-likeness (QED) is 0.627. The highest BCUT2D eigenvalue weighted by molar-refractivity contribution is 5.99. The molecule has 116 valence electrons. The fourth-order valence-electron chi connectivity index (χ4n) is 3.04. The lowest BCUT2D eigenvalue weighted by atomic mass is 10.1. The summed E-state index contributed by atoms with van der Waals surface area (Å²) in [6, 6.07) is 10.0. The van der Waals surface area contributed by atoms with Gasteiger partial charge in [-0.25, -0.2) is 4.98 Å². The number of pyridine rings is 1. The van der Waals surface area contributed by atoms with Crippen LogP contribution < -0.4 is 9.47 Å². The van der Waals surface area contributed by atoms with Crippen molar-refractivity contribution in [2.45, 2.75) is 0 Å². The molecule has 4 aromatic rings. The van der Waals surface area contributed by atoms with Gasteiger partial charge in [-0.2, -0.15) is 0 Å². The minimum Gasteiger partial charge on any atom is -0.497 e. The van der Waals surface area contributed by atoms with Crippen LogP contribution in [0.3, 0.4) is 0 Å². The number of benzene rings is 1. The molecule has 0 bridgehead atoms. The van der Waals surface area contributed by atoms with Crippen LogP contribution in [-0.2, 0) is 7.05 Å². The summed E-state index contributed by atoms with van der Waals surface area (Å²) in [5.74, 6) is 1.66. The molecule has 23 heavy (non-hydrogen) atoms. The first-order valence-corrected chi connectivity index (χ1v) is 7.36. The van der Waals surface area contributed by atoms with Gasteiger partial charge in [0.15, 0.2) is 0 Å². The molecule has 0 saturated heterocycles. The van der Waals surface area contributed by atoms with Gasteiger partial charge in [0.25, 0.3) is 0 Å². The van der Waals surface area contributed by atoms with E-state index in [1.165, 1.54) is 0 Å². The third-order valence-corrected chi connectivity index (χ3v) is 4.20. The van der Waals surface area contributed by atoms with E-state index in [0.717, 1.165) is 44.7 Å². The zero-order valence-corrected chi connectivity index (χ0v) is 13.3. The number of methoxy groups -OCH3 is 2. The summed E-state index contributed by atoms with van der Waals surface area (Å²) < 4.78 is 12.9. The lowest BCUT2D eigenvalue weighted by Gasteiger charge is -2.01. The van der Waals surface area contributed by atoms with Crippen LogP contribution >= 0.6 is 0 Å². The molecule has 0 atom stereocenters. The molecule has 0 amide bonds. The number of nitrogens with zero attached hydrogens (tertiary/aromatic N) is 2. The molecule has 3 aromatic heterocycles. The van der Waals surface area contributed by atoms with Crippen LogP contribution in [0.4, 0.5) is 0 Å². The Kier molecular flexibility index (Phi) is 3.01. The van der Waals surface area contributed by atoms with Crippen molar-refractivity contribution in [3.63, 3.8) is 0 Å². The number of rotatable bonds is 3. The first-order chi connectivity index (χ1) is 11.2. The zero-order chi connectivity index (χ0) is 16.0. The third-order valence-electron chi connectivity index (χ3n) is 4.20. The van der Waals surface area contributed by atoms with E-state index in [1.807, 2.05) is 19.2 Å². The fourth-order valence-corrected chi connectivity index (χ4v) is 3.04. The Morgan fingerprint density at radius 2 is 1.91 bits per heavy atom. The van der Waals surface area contributed by atoms with Crippen LogP contribution in [0.1, 0.15) is 0 Å². The van der Waals surface area contributed by atoms with Crippen molar-refractivity contribution in [3.8, 4) is 22.8 Å². The van der Waals surface area contributed by atoms with Gasteiger partial charge in [-0.15, -0.1) is 0 Å². The minimum atomic E-state index is 0.815. The standard InChI is InChI=1S/C18H17N3O2/c1-21-10-14(12-8-11(22-2)4-5-16(12)21)15-9-13-17(23-3)6-7-19-18(13)20-15/h4-10H,1-3H3,(H,19,20). The SMILES string of the molecule is COc1ccc2c(c1)c(-c1cc3c(OC)ccnc3[nH]1)cn2C. The number of aromatic nitrogens is 3. The highest BCUT2D eigenvalue weighted by atomic mass is 16.5. The van der Waals surface area contributed by atoms with Crippen LogP contribution in [0.15, 0.2) is 42.7 Å². The normalized spacial score (nSPS) is 11.3. The molecular formula is C18H17N3O2. The molecule has 0 fully saturated rings. The van der Waals surface area contributed by atoms with Crippen LogP contribution in [0.25, 0.3) is 33.2 Å². The van der Waals surface area contributed by atoms with Crippen LogP contribution in [0.2, 0.25) is 0 Å². The first-order valence-electron chi connectivity index (χ1n) is 7.36. The summed E-state index contributed by atoms with van der Waals surface area (Å²) in [5, 5.41) is 2.11. The summed E-state index contributed by atoms with van der Waals surface area (Å²) in [4.78, 5) is 7.77. The first kappa shape index (κ1) is 13.7. The molecule has 0 saturated carbocycles. The van der Waals surface area contributed by atoms with E-state index in [9.17, 15) is 0 Å². The van der Waals surface area contributed by atoms with Gasteiger partial charge in [-0.05, 0) is 30.3 Å². The van der Waals surface area contributed by atoms with E-state index in [2.05, 4.69) is 38.9 Å². The Bertz CT molecular complexity index is 1010. The van der Waals surface area contributed by atoms with Gasteiger partial charge in [-0.1, -0.05) is 0 Å². The maximum Gasteiger partial charge on any atom is 0.141 e. The summed E-state index contributed by atoms with van der Waals surface area (Å²) >= 11 is 0. The summed E-state index contributed by atoms with van der Waals surface area (Å²) in [5.41, 5.74) is 4.09. The van der Waals surface area contributed by atoms with E-state index < -0.39 is 0 Å². The Morgan fingerprint density at radius 3 is 2.70 bits per heavy atom. The molecule has 1 aromatic carbocycles. The molecule has 5 heteroatoms. The van der Waals surface area contributed by atoms with Gasteiger partial charge in [0, 0.05) is 41.6 Å². The topological polar surface area (TPSA) is 52.1 Å². The van der Waals surface area contributed by atoms with Crippen molar-refractivity contribution in [1.29, 1.82) is 0 Å². The average Bonchev–Trinajstić information content (AvgIpc) is 3.15. The second-order valence-electron chi connectivity index (χ2n) is 5.50. The Hall–Kier alpha value is -2.95. The number of H-pyrrole nitrogens is 1. The number of hydrogen-bond acceptors (Lipinski definition) is 3. The molecule has 0 spiro atoms. The van der Waals surface area contributed by atoms with Gasteiger partial charge in [0.05, 0.1) is 19.6 Å². The summed E-state index contributed by atoms with van der Waals surface area (Å²) in [7, 11) is 5.39. The second-order valence-corrected chi connectivity index (χ2v) is 5.50. The molecule has 0 aliphatic heterocycles. The minimum absolute atomic E-state index is 0.815. The van der Waals surface area contributed by atoms with Crippen molar-refractivity contribution in [1.82, 2.24) is 14.5 Å². The fraction of sp³-hybridized carbons (Fsp3) is 0.167. The second kappa shape index (κ2) is 5.05. The molecule has 0 aliphatic rings. The maximum atomic E-state index is 5.42. The largest absolute Gasteiger partial charge is 0.497 e. The van der Waals surface area contributed by atoms with E-state index in [4.69, 9.17) is 9.47 Å². The lowest BCUT2D eigenvalue weighted by molar-refractivity contribution is 0.415. The van der Waals surface area contributed by atoms with Crippen LogP contribution in [0, 0.1) is 0 Å². The lowest BCUT2D eigenvalue weighted by Crippen LogP contribution is -1.85. The van der Waals surface area contributed by atoms with Gasteiger partial charge in [-0.3, -0.25) is 0 Å². The Balaban J connectivity index is 1.98. The third kappa shape index (κ3) is 2.04. The molecule has 0 unspecified atom stereocenters. The van der Waals surface area contributed by atoms with Crippen LogP contribution in [-0.4, -0.2) is 28.8 Å². The maximum absolute atomic E-state index is 5.42. The number of aryl methyl sites for hydroxylation is 1. The molecule has 1 N–H and O–H groups in total. The number of aromatic amines is 1. The predicted octanol–water partition coefficient (Wildman–Crippen LogP) is 3.74. The van der Waals surface area contributed by atoms with E-state index in [0.29, 0.717) is 0 Å². The van der Waals surface area contributed by atoms with Gasteiger partial charge >= 0.3 is 0 Å². The van der Waals surface area contributed by atoms with E-state index >= 15 is 0 Å². The molecule has 4 rings (SSSR count). The predicted molar refractivity (Wildman–Crippen MR) is 91.1 cm³/mol. The molecule has 0 radical (unpaired) electrons. The molecular weight excluding hydrogens is 290 g/mol. The summed E-state index contributed by atoms with van der Waals surface area (Å²) in [6.07, 6.45) is 3.86. The number of nitrogens with one attached hydrogen (secondary N) is 1. The molecule has 0 aliphatic carbocycles. The Labute approximate surface area is 133 Å². The average molecular weight is 307 g/mol. The van der Waals surface area contributed by atoms with Crippen molar-refractivity contribution in [2.75, 3.05) is 14.2 Å². The Morgan fingerprint density at radius 1 is 1.04 bits per heavy atom. The van der Waals surface area contributed by atoms with E-state index in [-0.39, 0.29) is 0 Å². The molecule has 5 nitrogen and oxygen atoms in total. The number of hydrogen-bond donors (Lipinski definition) is 1. The highest BCUT2D eigenvalue weighted by Gasteiger charge is 2.14. The molecule has 3 heterocycles. The monoisotopic (exact) mass is 307 g/mol. The van der Waals surface area contributed by atoms with Crippen LogP contribution in [0.5, 0.6) is 11.5 Å². The smallest absolute Gasteiger partial charge is 0.141 e. The highest BCUT2D eigenvalue weighted by Crippen LogP contribution is 2.35. The van der Waals surface area contributed by atoms with Crippen molar-refractivity contribution in [2.24, 2.45) is 7.05 Å². The summed E-state index contributed by atoms with van der Waals surface area (Å²) in [6.45, 7) is 0. The van der Waals surface area contributed by atoms with Crippen molar-refractivity contribution in [3.05, 3.63) is 42.7 Å². The number of fused-ring (bicyclic) bond motifs is 2. The van der Waals surface area contributed by atoms with Gasteiger partial charge < -0.3 is 19.0 Å². The zero-order valence-electron chi connectivity index (χ0n) is 13.3. The number of ether oxygens (including phenoxy) is 2. The van der Waals surface area contributed by atoms with Gasteiger partial charge in [0.1, 0.15) is 17.1 Å². The van der Waals surface area contributed by atoms with E-state index in [1.54, 1.807) is 20.4 Å².